The number of aromatic nitrogens is 2. The molecule has 162 valence electrons. The van der Waals surface area contributed by atoms with Crippen LogP contribution >= 0.6 is 11.8 Å². The summed E-state index contributed by atoms with van der Waals surface area (Å²) in [6.45, 7) is 1.62. The summed E-state index contributed by atoms with van der Waals surface area (Å²) in [5.41, 5.74) is 2.67. The molecular weight excluding hydrogens is 400 g/mol. The van der Waals surface area contributed by atoms with Gasteiger partial charge in [0.15, 0.2) is 0 Å². The van der Waals surface area contributed by atoms with Crippen LogP contribution in [0.4, 0.5) is 5.69 Å². The number of nitrogens with zero attached hydrogens (tertiary/aromatic N) is 3. The van der Waals surface area contributed by atoms with E-state index in [-0.39, 0.29) is 17.3 Å². The van der Waals surface area contributed by atoms with Crippen molar-refractivity contribution in [2.24, 2.45) is 0 Å². The van der Waals surface area contributed by atoms with Gasteiger partial charge < -0.3 is 15.0 Å². The van der Waals surface area contributed by atoms with Crippen molar-refractivity contribution in [2.45, 2.75) is 43.7 Å². The van der Waals surface area contributed by atoms with Gasteiger partial charge in [0.1, 0.15) is 10.8 Å². The minimum Gasteiger partial charge on any atom is -0.495 e. The number of thioether (sulfide) groups is 1. The second-order valence-electron chi connectivity index (χ2n) is 7.68. The zero-order valence-electron chi connectivity index (χ0n) is 17.9. The highest BCUT2D eigenvalue weighted by Crippen LogP contribution is 2.29. The van der Waals surface area contributed by atoms with Crippen LogP contribution < -0.4 is 15.7 Å². The van der Waals surface area contributed by atoms with Gasteiger partial charge in [0.05, 0.1) is 18.6 Å². The van der Waals surface area contributed by atoms with E-state index in [4.69, 9.17) is 4.74 Å². The number of methoxy groups -OCH3 is 1. The highest BCUT2D eigenvalue weighted by molar-refractivity contribution is 8.00. The summed E-state index contributed by atoms with van der Waals surface area (Å²) in [6.07, 6.45) is 4.89. The normalized spacial score (nSPS) is 13.2. The molecule has 0 bridgehead atoms. The number of fused-ring (bicyclic) bond motifs is 1. The highest BCUT2D eigenvalue weighted by atomic mass is 32.2. The molecule has 0 unspecified atom stereocenters. The molecule has 0 atom stereocenters. The number of benzene rings is 1. The van der Waals surface area contributed by atoms with Gasteiger partial charge in [-0.1, -0.05) is 23.9 Å². The fraction of sp³-hybridized carbons (Fsp3) is 0.500. The lowest BCUT2D eigenvalue weighted by Gasteiger charge is -2.23. The summed E-state index contributed by atoms with van der Waals surface area (Å²) < 4.78 is 7.12. The van der Waals surface area contributed by atoms with Gasteiger partial charge in [-0.15, -0.1) is 0 Å². The molecule has 1 aromatic heterocycles. The van der Waals surface area contributed by atoms with Crippen molar-refractivity contribution in [2.75, 3.05) is 38.8 Å². The van der Waals surface area contributed by atoms with Crippen molar-refractivity contribution >= 4 is 23.4 Å². The number of ether oxygens (including phenoxy) is 1. The smallest absolute Gasteiger partial charge is 0.348 e. The lowest BCUT2D eigenvalue weighted by atomic mass is 9.97. The van der Waals surface area contributed by atoms with E-state index in [1.54, 1.807) is 19.2 Å². The quantitative estimate of drug-likeness (QED) is 0.487. The third kappa shape index (κ3) is 5.64. The third-order valence-electron chi connectivity index (χ3n) is 5.16. The molecule has 1 amide bonds. The van der Waals surface area contributed by atoms with Crippen molar-refractivity contribution < 1.29 is 9.53 Å². The molecule has 0 radical (unpaired) electrons. The Hall–Kier alpha value is -2.32. The minimum atomic E-state index is -0.206. The molecule has 7 nitrogen and oxygen atoms in total. The molecular formula is C22H30N4O3S. The first-order valence-corrected chi connectivity index (χ1v) is 11.3. The Morgan fingerprint density at radius 3 is 2.80 bits per heavy atom. The molecule has 1 aliphatic rings. The summed E-state index contributed by atoms with van der Waals surface area (Å²) in [5, 5.41) is 3.58. The van der Waals surface area contributed by atoms with Gasteiger partial charge in [-0.05, 0) is 64.9 Å². The molecule has 1 aromatic carbocycles. The average Bonchev–Trinajstić information content (AvgIpc) is 2.74. The largest absolute Gasteiger partial charge is 0.495 e. The first-order chi connectivity index (χ1) is 14.5. The Labute approximate surface area is 181 Å². The fourth-order valence-corrected chi connectivity index (χ4v) is 4.59. The van der Waals surface area contributed by atoms with Crippen LogP contribution in [0.5, 0.6) is 5.75 Å². The van der Waals surface area contributed by atoms with Gasteiger partial charge in [-0.25, -0.2) is 4.79 Å². The van der Waals surface area contributed by atoms with Crippen molar-refractivity contribution in [1.29, 1.82) is 0 Å². The number of carbonyl (C=O) groups is 1. The maximum atomic E-state index is 12.7. The zero-order valence-corrected chi connectivity index (χ0v) is 18.8. The topological polar surface area (TPSA) is 76.5 Å². The second-order valence-corrected chi connectivity index (χ2v) is 8.64. The Kier molecular flexibility index (Phi) is 7.93. The molecule has 0 saturated heterocycles. The number of hydrogen-bond acceptors (Lipinski definition) is 6. The van der Waals surface area contributed by atoms with Crippen molar-refractivity contribution in [3.63, 3.8) is 0 Å². The number of nitrogens with one attached hydrogen (secondary N) is 1. The SMILES string of the molecule is COc1ccccc1NC(=O)CSc1nc(=O)n(CCCN(C)C)c2c1CCCC2. The summed E-state index contributed by atoms with van der Waals surface area (Å²) >= 11 is 1.34. The molecule has 3 rings (SSSR count). The van der Waals surface area contributed by atoms with Crippen LogP contribution in [0.25, 0.3) is 0 Å². The number of carbonyl (C=O) groups excluding carboxylic acids is 1. The van der Waals surface area contributed by atoms with E-state index in [0.29, 0.717) is 23.0 Å². The standard InChI is InChI=1S/C22H30N4O3S/c1-25(2)13-8-14-26-18-11-6-4-9-16(18)21(24-22(26)28)30-15-20(27)23-17-10-5-7-12-19(17)29-3/h5,7,10,12H,4,6,8-9,11,13-15H2,1-3H3,(H,23,27). The van der Waals surface area contributed by atoms with Gasteiger partial charge >= 0.3 is 5.69 Å². The third-order valence-corrected chi connectivity index (χ3v) is 6.18. The van der Waals surface area contributed by atoms with Gasteiger partial charge in [0.25, 0.3) is 0 Å². The van der Waals surface area contributed by atoms with Crippen molar-refractivity contribution in [3.8, 4) is 5.75 Å². The number of para-hydroxylation sites is 2. The van der Waals surface area contributed by atoms with E-state index >= 15 is 0 Å². The summed E-state index contributed by atoms with van der Waals surface area (Å²) in [4.78, 5) is 31.7. The van der Waals surface area contributed by atoms with E-state index in [9.17, 15) is 9.59 Å². The van der Waals surface area contributed by atoms with E-state index < -0.39 is 0 Å². The predicted molar refractivity (Wildman–Crippen MR) is 121 cm³/mol. The zero-order chi connectivity index (χ0) is 21.5. The van der Waals surface area contributed by atoms with E-state index in [2.05, 4.69) is 15.2 Å². The fourth-order valence-electron chi connectivity index (χ4n) is 3.71. The first kappa shape index (κ1) is 22.4. The van der Waals surface area contributed by atoms with E-state index in [0.717, 1.165) is 49.9 Å². The van der Waals surface area contributed by atoms with Gasteiger partial charge in [0.2, 0.25) is 5.91 Å². The van der Waals surface area contributed by atoms with Crippen LogP contribution in [0.15, 0.2) is 34.1 Å². The van der Waals surface area contributed by atoms with Crippen LogP contribution in [0, 0.1) is 0 Å². The van der Waals surface area contributed by atoms with E-state index in [1.165, 1.54) is 11.8 Å². The molecule has 8 heteroatoms. The van der Waals surface area contributed by atoms with Crippen molar-refractivity contribution in [1.82, 2.24) is 14.5 Å². The number of rotatable bonds is 9. The Morgan fingerprint density at radius 2 is 2.03 bits per heavy atom. The Bertz CT molecular complexity index is 942. The molecule has 2 aromatic rings. The summed E-state index contributed by atoms with van der Waals surface area (Å²) in [7, 11) is 5.64. The number of amides is 1. The molecule has 1 heterocycles. The minimum absolute atomic E-state index is 0.147. The first-order valence-electron chi connectivity index (χ1n) is 10.3. The molecule has 1 N–H and O–H groups in total. The van der Waals surface area contributed by atoms with E-state index in [1.807, 2.05) is 30.8 Å². The van der Waals surface area contributed by atoms with Crippen molar-refractivity contribution in [3.05, 3.63) is 46.0 Å². The number of hydrogen-bond donors (Lipinski definition) is 1. The number of anilines is 1. The van der Waals surface area contributed by atoms with Crippen LogP contribution in [0.1, 0.15) is 30.5 Å². The average molecular weight is 431 g/mol. The molecule has 0 fully saturated rings. The molecule has 0 spiro atoms. The van der Waals surface area contributed by atoms with Crippen LogP contribution in [0.3, 0.4) is 0 Å². The predicted octanol–water partition coefficient (Wildman–Crippen LogP) is 2.81. The van der Waals surface area contributed by atoms with Gasteiger partial charge in [-0.3, -0.25) is 9.36 Å². The molecule has 1 aliphatic carbocycles. The summed E-state index contributed by atoms with van der Waals surface area (Å²) in [6, 6.07) is 7.30. The highest BCUT2D eigenvalue weighted by Gasteiger charge is 2.21. The molecule has 30 heavy (non-hydrogen) atoms. The monoisotopic (exact) mass is 430 g/mol. The maximum absolute atomic E-state index is 12.7. The maximum Gasteiger partial charge on any atom is 0.348 e. The Balaban J connectivity index is 1.72. The van der Waals surface area contributed by atoms with Crippen LogP contribution in [-0.2, 0) is 24.2 Å². The van der Waals surface area contributed by atoms with Gasteiger partial charge in [0, 0.05) is 17.8 Å². The molecule has 0 aliphatic heterocycles. The Morgan fingerprint density at radius 1 is 1.27 bits per heavy atom. The van der Waals surface area contributed by atoms with Crippen LogP contribution in [0.2, 0.25) is 0 Å². The van der Waals surface area contributed by atoms with Gasteiger partial charge in [-0.2, -0.15) is 4.98 Å². The van der Waals surface area contributed by atoms with Crippen LogP contribution in [-0.4, -0.2) is 53.9 Å². The summed E-state index contributed by atoms with van der Waals surface area (Å²) in [5.74, 6) is 0.666. The lowest BCUT2D eigenvalue weighted by molar-refractivity contribution is -0.113. The molecule has 0 saturated carbocycles. The second kappa shape index (κ2) is 10.6. The lowest BCUT2D eigenvalue weighted by Crippen LogP contribution is -2.31.